The van der Waals surface area contributed by atoms with E-state index in [0.717, 1.165) is 4.90 Å². The quantitative estimate of drug-likeness (QED) is 0.676. The molecule has 0 bridgehead atoms. The van der Waals surface area contributed by atoms with Gasteiger partial charge in [0.1, 0.15) is 6.09 Å². The number of β-amino-alcohol motifs (C(OH)–C–C–N with tert-alkyl or cyclic N) is 1. The molecule has 0 aromatic carbocycles. The standard InChI is InChI=1S/C11H20N2O4/c1-11(2,3)13(10(16)17)7-9(15)12-5-4-8(14)6-12/h8,14H,4-7H2,1-3H3,(H,16,17)/p-1. The van der Waals surface area contributed by atoms with Gasteiger partial charge in [-0.1, -0.05) is 0 Å². The largest absolute Gasteiger partial charge is 0.530 e. The summed E-state index contributed by atoms with van der Waals surface area (Å²) in [4.78, 5) is 25.3. The van der Waals surface area contributed by atoms with Gasteiger partial charge in [-0.2, -0.15) is 0 Å². The van der Waals surface area contributed by atoms with Crippen LogP contribution in [0.3, 0.4) is 0 Å². The predicted molar refractivity (Wildman–Crippen MR) is 59.1 cm³/mol. The van der Waals surface area contributed by atoms with Crippen LogP contribution >= 0.6 is 0 Å². The average molecular weight is 243 g/mol. The molecular formula is C11H19N2O4-. The Bertz CT molecular complexity index is 311. The number of rotatable bonds is 2. The number of aliphatic hydroxyl groups is 1. The fourth-order valence-electron chi connectivity index (χ4n) is 1.78. The van der Waals surface area contributed by atoms with E-state index in [9.17, 15) is 19.8 Å². The van der Waals surface area contributed by atoms with Crippen LogP contribution < -0.4 is 5.11 Å². The number of hydrogen-bond donors (Lipinski definition) is 1. The van der Waals surface area contributed by atoms with Crippen LogP contribution in [0, 0.1) is 0 Å². The first kappa shape index (κ1) is 13.8. The van der Waals surface area contributed by atoms with Gasteiger partial charge in [-0.05, 0) is 27.2 Å². The highest BCUT2D eigenvalue weighted by molar-refractivity contribution is 5.82. The summed E-state index contributed by atoms with van der Waals surface area (Å²) in [6.07, 6.45) is -1.30. The number of carbonyl (C=O) groups excluding carboxylic acids is 2. The lowest BCUT2D eigenvalue weighted by Crippen LogP contribution is -2.55. The van der Waals surface area contributed by atoms with Crippen molar-refractivity contribution < 1.29 is 19.8 Å². The molecule has 1 fully saturated rings. The lowest BCUT2D eigenvalue weighted by molar-refractivity contribution is -0.270. The zero-order valence-corrected chi connectivity index (χ0v) is 10.5. The Kier molecular flexibility index (Phi) is 3.98. The SMILES string of the molecule is CC(C)(C)N(CC(=O)N1CCC(O)C1)C(=O)[O-]. The zero-order valence-electron chi connectivity index (χ0n) is 10.5. The second kappa shape index (κ2) is 4.91. The van der Waals surface area contributed by atoms with Crippen LogP contribution in [-0.4, -0.2) is 58.2 Å². The summed E-state index contributed by atoms with van der Waals surface area (Å²) in [7, 11) is 0. The van der Waals surface area contributed by atoms with Gasteiger partial charge in [-0.25, -0.2) is 0 Å². The summed E-state index contributed by atoms with van der Waals surface area (Å²) >= 11 is 0. The minimum Gasteiger partial charge on any atom is -0.530 e. The van der Waals surface area contributed by atoms with Gasteiger partial charge in [0.05, 0.1) is 12.6 Å². The van der Waals surface area contributed by atoms with Gasteiger partial charge in [0.15, 0.2) is 0 Å². The molecule has 0 radical (unpaired) electrons. The lowest BCUT2D eigenvalue weighted by atomic mass is 10.1. The molecule has 1 saturated heterocycles. The minimum absolute atomic E-state index is 0.224. The molecule has 1 aliphatic rings. The molecule has 6 heteroatoms. The normalized spacial score (nSPS) is 20.5. The molecule has 0 aromatic heterocycles. The Morgan fingerprint density at radius 2 is 2.06 bits per heavy atom. The van der Waals surface area contributed by atoms with Crippen molar-refractivity contribution in [1.82, 2.24) is 9.80 Å². The van der Waals surface area contributed by atoms with Gasteiger partial charge in [-0.15, -0.1) is 0 Å². The van der Waals surface area contributed by atoms with Gasteiger partial charge in [0.25, 0.3) is 0 Å². The fourth-order valence-corrected chi connectivity index (χ4v) is 1.78. The van der Waals surface area contributed by atoms with Crippen LogP contribution in [0.4, 0.5) is 4.79 Å². The molecule has 1 unspecified atom stereocenters. The van der Waals surface area contributed by atoms with Crippen molar-refractivity contribution in [3.05, 3.63) is 0 Å². The van der Waals surface area contributed by atoms with E-state index < -0.39 is 17.7 Å². The summed E-state index contributed by atoms with van der Waals surface area (Å²) in [5, 5.41) is 20.3. The minimum atomic E-state index is -1.36. The van der Waals surface area contributed by atoms with E-state index in [-0.39, 0.29) is 19.0 Å². The first-order valence-electron chi connectivity index (χ1n) is 5.66. The van der Waals surface area contributed by atoms with E-state index in [0.29, 0.717) is 13.0 Å². The van der Waals surface area contributed by atoms with Gasteiger partial charge in [0, 0.05) is 18.6 Å². The molecule has 0 spiro atoms. The maximum absolute atomic E-state index is 11.8. The number of likely N-dealkylation sites (tertiary alicyclic amines) is 1. The molecule has 6 nitrogen and oxygen atoms in total. The Morgan fingerprint density at radius 3 is 2.41 bits per heavy atom. The average Bonchev–Trinajstić information content (AvgIpc) is 2.58. The molecule has 1 heterocycles. The summed E-state index contributed by atoms with van der Waals surface area (Å²) in [6, 6.07) is 0. The first-order chi connectivity index (χ1) is 7.71. The van der Waals surface area contributed by atoms with E-state index in [1.807, 2.05) is 0 Å². The van der Waals surface area contributed by atoms with Crippen molar-refractivity contribution in [2.24, 2.45) is 0 Å². The van der Waals surface area contributed by atoms with Crippen molar-refractivity contribution in [1.29, 1.82) is 0 Å². The van der Waals surface area contributed by atoms with E-state index in [1.165, 1.54) is 4.90 Å². The lowest BCUT2D eigenvalue weighted by Gasteiger charge is -2.38. The van der Waals surface area contributed by atoms with Crippen molar-refractivity contribution in [3.8, 4) is 0 Å². The number of nitrogens with zero attached hydrogens (tertiary/aromatic N) is 2. The third-order valence-corrected chi connectivity index (χ3v) is 2.84. The zero-order chi connectivity index (χ0) is 13.2. The van der Waals surface area contributed by atoms with Crippen molar-refractivity contribution in [3.63, 3.8) is 0 Å². The highest BCUT2D eigenvalue weighted by Crippen LogP contribution is 2.15. The third kappa shape index (κ3) is 3.59. The highest BCUT2D eigenvalue weighted by Gasteiger charge is 2.29. The van der Waals surface area contributed by atoms with E-state index in [2.05, 4.69) is 0 Å². The topological polar surface area (TPSA) is 83.9 Å². The molecule has 1 rings (SSSR count). The number of carbonyl (C=O) groups is 2. The molecule has 0 aromatic rings. The summed E-state index contributed by atoms with van der Waals surface area (Å²) in [5.74, 6) is -0.291. The van der Waals surface area contributed by atoms with E-state index in [4.69, 9.17) is 0 Å². The van der Waals surface area contributed by atoms with Crippen LogP contribution in [-0.2, 0) is 4.79 Å². The number of carboxylic acid groups (broad SMARTS) is 1. The second-order valence-corrected chi connectivity index (χ2v) is 5.31. The monoisotopic (exact) mass is 243 g/mol. The van der Waals surface area contributed by atoms with Gasteiger partial charge in [0.2, 0.25) is 5.91 Å². The Hall–Kier alpha value is -1.30. The number of aliphatic hydroxyl groups excluding tert-OH is 1. The molecule has 1 N–H and O–H groups in total. The molecule has 1 atom stereocenters. The van der Waals surface area contributed by atoms with Crippen LogP contribution in [0.15, 0.2) is 0 Å². The smallest absolute Gasteiger partial charge is 0.242 e. The van der Waals surface area contributed by atoms with Crippen LogP contribution in [0.2, 0.25) is 0 Å². The van der Waals surface area contributed by atoms with E-state index >= 15 is 0 Å². The number of amides is 2. The summed E-state index contributed by atoms with van der Waals surface area (Å²) in [5.41, 5.74) is -0.674. The maximum Gasteiger partial charge on any atom is 0.242 e. The van der Waals surface area contributed by atoms with Crippen molar-refractivity contribution in [2.45, 2.75) is 38.8 Å². The predicted octanol–water partition coefficient (Wildman–Crippen LogP) is -0.977. The summed E-state index contributed by atoms with van der Waals surface area (Å²) in [6.45, 7) is 5.65. The Labute approximate surface area is 101 Å². The van der Waals surface area contributed by atoms with Gasteiger partial charge >= 0.3 is 0 Å². The van der Waals surface area contributed by atoms with Crippen LogP contribution in [0.1, 0.15) is 27.2 Å². The van der Waals surface area contributed by atoms with Crippen molar-refractivity contribution >= 4 is 12.0 Å². The second-order valence-electron chi connectivity index (χ2n) is 5.31. The molecule has 0 aliphatic carbocycles. The van der Waals surface area contributed by atoms with Gasteiger partial charge in [-0.3, -0.25) is 4.79 Å². The summed E-state index contributed by atoms with van der Waals surface area (Å²) < 4.78 is 0. The molecule has 0 saturated carbocycles. The fraction of sp³-hybridized carbons (Fsp3) is 0.818. The molecule has 17 heavy (non-hydrogen) atoms. The van der Waals surface area contributed by atoms with Crippen LogP contribution in [0.25, 0.3) is 0 Å². The van der Waals surface area contributed by atoms with Crippen LogP contribution in [0.5, 0.6) is 0 Å². The Morgan fingerprint density at radius 1 is 1.47 bits per heavy atom. The van der Waals surface area contributed by atoms with E-state index in [1.54, 1.807) is 20.8 Å². The first-order valence-corrected chi connectivity index (χ1v) is 5.66. The maximum atomic E-state index is 11.8. The molecule has 98 valence electrons. The molecule has 2 amide bonds. The van der Waals surface area contributed by atoms with Gasteiger partial charge < -0.3 is 24.8 Å². The Balaban J connectivity index is 2.62. The number of hydrogen-bond acceptors (Lipinski definition) is 4. The molecule has 1 aliphatic heterocycles. The molecular weight excluding hydrogens is 224 g/mol. The van der Waals surface area contributed by atoms with Crippen molar-refractivity contribution in [2.75, 3.05) is 19.6 Å². The third-order valence-electron chi connectivity index (χ3n) is 2.84. The highest BCUT2D eigenvalue weighted by atomic mass is 16.4.